The van der Waals surface area contributed by atoms with Gasteiger partial charge in [-0.3, -0.25) is 4.79 Å². The quantitative estimate of drug-likeness (QED) is 0.777. The average molecular weight is 229 g/mol. The minimum atomic E-state index is -0.582. The van der Waals surface area contributed by atoms with E-state index in [1.54, 1.807) is 0 Å². The van der Waals surface area contributed by atoms with Gasteiger partial charge in [-0.2, -0.15) is 0 Å². The van der Waals surface area contributed by atoms with Crippen molar-refractivity contribution in [3.05, 3.63) is 34.6 Å². The van der Waals surface area contributed by atoms with E-state index in [2.05, 4.69) is 0 Å². The molecule has 0 heterocycles. The summed E-state index contributed by atoms with van der Waals surface area (Å²) >= 11 is 5.64. The number of carbonyl (C=O) groups excluding carboxylic acids is 1. The third-order valence-electron chi connectivity index (χ3n) is 1.74. The predicted octanol–water partition coefficient (Wildman–Crippen LogP) is 1.95. The lowest BCUT2D eigenvalue weighted by Crippen LogP contribution is -2.07. The Hall–Kier alpha value is -1.55. The van der Waals surface area contributed by atoms with Gasteiger partial charge in [0, 0.05) is 17.0 Å². The first kappa shape index (κ1) is 11.5. The summed E-state index contributed by atoms with van der Waals surface area (Å²) in [6, 6.07) is 2.64. The van der Waals surface area contributed by atoms with Crippen LogP contribution in [0.15, 0.2) is 18.2 Å². The summed E-state index contributed by atoms with van der Waals surface area (Å²) < 4.78 is 13.1. The zero-order valence-electron chi connectivity index (χ0n) is 7.84. The smallest absolute Gasteiger partial charge is 0.221 e. The van der Waals surface area contributed by atoms with E-state index in [0.29, 0.717) is 5.56 Å². The summed E-state index contributed by atoms with van der Waals surface area (Å²) in [4.78, 5) is 10.4. The molecule has 1 aromatic rings. The van der Waals surface area contributed by atoms with E-state index in [1.165, 1.54) is 18.2 Å². The van der Waals surface area contributed by atoms with Crippen molar-refractivity contribution in [2.24, 2.45) is 5.73 Å². The molecular weight excluding hydrogens is 219 g/mol. The van der Waals surface area contributed by atoms with Crippen molar-refractivity contribution in [1.29, 1.82) is 0 Å². The summed E-state index contributed by atoms with van der Waals surface area (Å²) in [5.74, 6) is -1.05. The number of primary amides is 1. The highest BCUT2D eigenvalue weighted by molar-refractivity contribution is 6.30. The van der Waals surface area contributed by atoms with Crippen molar-refractivity contribution in [2.45, 2.75) is 6.42 Å². The van der Waals surface area contributed by atoms with Crippen LogP contribution in [-0.4, -0.2) is 5.91 Å². The van der Waals surface area contributed by atoms with Gasteiger partial charge in [0.15, 0.2) is 0 Å². The number of carbonyl (C=O) groups is 1. The Kier molecular flexibility index (Phi) is 3.68. The first-order chi connectivity index (χ1) is 7.00. The van der Waals surface area contributed by atoms with Gasteiger partial charge in [-0.1, -0.05) is 23.8 Å². The maximum atomic E-state index is 13.1. The van der Waals surface area contributed by atoms with Gasteiger partial charge in [-0.15, -0.1) is 0 Å². The first-order valence-corrected chi connectivity index (χ1v) is 4.58. The molecular formula is C10H10ClFN2O. The van der Waals surface area contributed by atoms with Crippen LogP contribution in [-0.2, 0) is 4.79 Å². The molecule has 0 radical (unpaired) electrons. The first-order valence-electron chi connectivity index (χ1n) is 4.20. The minimum Gasteiger partial charge on any atom is -0.396 e. The van der Waals surface area contributed by atoms with E-state index < -0.39 is 11.7 Å². The molecule has 0 aliphatic rings. The van der Waals surface area contributed by atoms with E-state index in [0.717, 1.165) is 6.07 Å². The molecule has 0 aliphatic carbocycles. The molecule has 1 rings (SSSR count). The van der Waals surface area contributed by atoms with Crippen molar-refractivity contribution in [3.63, 3.8) is 0 Å². The molecule has 1 aromatic carbocycles. The third kappa shape index (κ3) is 3.25. The van der Waals surface area contributed by atoms with Crippen LogP contribution in [0.3, 0.4) is 0 Å². The number of halogens is 2. The SMILES string of the molecule is NC(=O)CC=Cc1cc(Cl)cc(F)c1N. The summed E-state index contributed by atoms with van der Waals surface area (Å²) in [6.07, 6.45) is 3.09. The second kappa shape index (κ2) is 4.79. The highest BCUT2D eigenvalue weighted by Crippen LogP contribution is 2.23. The van der Waals surface area contributed by atoms with Gasteiger partial charge < -0.3 is 11.5 Å². The second-order valence-corrected chi connectivity index (χ2v) is 3.40. The average Bonchev–Trinajstić information content (AvgIpc) is 2.12. The predicted molar refractivity (Wildman–Crippen MR) is 58.7 cm³/mol. The van der Waals surface area contributed by atoms with Crippen molar-refractivity contribution in [3.8, 4) is 0 Å². The Balaban J connectivity index is 2.94. The van der Waals surface area contributed by atoms with Crippen molar-refractivity contribution in [2.75, 3.05) is 5.73 Å². The monoisotopic (exact) mass is 228 g/mol. The molecule has 0 saturated carbocycles. The van der Waals surface area contributed by atoms with Crippen LogP contribution in [0.4, 0.5) is 10.1 Å². The number of rotatable bonds is 3. The Morgan fingerprint density at radius 3 is 2.80 bits per heavy atom. The van der Waals surface area contributed by atoms with E-state index >= 15 is 0 Å². The number of anilines is 1. The molecule has 0 aliphatic heterocycles. The molecule has 3 nitrogen and oxygen atoms in total. The van der Waals surface area contributed by atoms with Gasteiger partial charge in [0.05, 0.1) is 5.69 Å². The molecule has 0 saturated heterocycles. The van der Waals surface area contributed by atoms with Crippen LogP contribution >= 0.6 is 11.6 Å². The topological polar surface area (TPSA) is 69.1 Å². The Morgan fingerprint density at radius 2 is 2.20 bits per heavy atom. The third-order valence-corrected chi connectivity index (χ3v) is 1.96. The fraction of sp³-hybridized carbons (Fsp3) is 0.100. The molecule has 0 fully saturated rings. The molecule has 0 spiro atoms. The molecule has 0 aromatic heterocycles. The molecule has 4 N–H and O–H groups in total. The molecule has 5 heteroatoms. The van der Waals surface area contributed by atoms with Crippen molar-refractivity contribution in [1.82, 2.24) is 0 Å². The zero-order chi connectivity index (χ0) is 11.4. The van der Waals surface area contributed by atoms with E-state index in [4.69, 9.17) is 23.1 Å². The number of nitrogen functional groups attached to an aromatic ring is 1. The lowest BCUT2D eigenvalue weighted by atomic mass is 10.1. The number of benzene rings is 1. The molecule has 80 valence electrons. The number of nitrogens with two attached hydrogens (primary N) is 2. The van der Waals surface area contributed by atoms with Crippen LogP contribution < -0.4 is 11.5 Å². The summed E-state index contributed by atoms with van der Waals surface area (Å²) in [5, 5.41) is 0.250. The fourth-order valence-corrected chi connectivity index (χ4v) is 1.26. The van der Waals surface area contributed by atoms with E-state index in [-0.39, 0.29) is 17.1 Å². The summed E-state index contributed by atoms with van der Waals surface area (Å²) in [6.45, 7) is 0. The summed E-state index contributed by atoms with van der Waals surface area (Å²) in [5.41, 5.74) is 10.8. The molecule has 0 atom stereocenters. The largest absolute Gasteiger partial charge is 0.396 e. The van der Waals surface area contributed by atoms with Gasteiger partial charge in [-0.25, -0.2) is 4.39 Å². The normalized spacial score (nSPS) is 10.8. The standard InChI is InChI=1S/C10H10ClFN2O/c11-7-4-6(2-1-3-9(13)15)10(14)8(12)5-7/h1-2,4-5H,3,14H2,(H2,13,15). The van der Waals surface area contributed by atoms with Crippen molar-refractivity contribution < 1.29 is 9.18 Å². The van der Waals surface area contributed by atoms with E-state index in [9.17, 15) is 9.18 Å². The van der Waals surface area contributed by atoms with Gasteiger partial charge >= 0.3 is 0 Å². The highest BCUT2D eigenvalue weighted by atomic mass is 35.5. The van der Waals surface area contributed by atoms with Crippen LogP contribution in [0, 0.1) is 5.82 Å². The van der Waals surface area contributed by atoms with Crippen LogP contribution in [0.1, 0.15) is 12.0 Å². The fourth-order valence-electron chi connectivity index (χ4n) is 1.04. The lowest BCUT2D eigenvalue weighted by molar-refractivity contribution is -0.117. The van der Waals surface area contributed by atoms with Gasteiger partial charge in [0.25, 0.3) is 0 Å². The van der Waals surface area contributed by atoms with Crippen LogP contribution in [0.2, 0.25) is 5.02 Å². The lowest BCUT2D eigenvalue weighted by Gasteiger charge is -2.02. The maximum Gasteiger partial charge on any atom is 0.221 e. The van der Waals surface area contributed by atoms with E-state index in [1.807, 2.05) is 0 Å². The Morgan fingerprint density at radius 1 is 1.53 bits per heavy atom. The summed E-state index contributed by atoms with van der Waals surface area (Å²) in [7, 11) is 0. The molecule has 0 unspecified atom stereocenters. The molecule has 1 amide bonds. The number of amides is 1. The number of hydrogen-bond acceptors (Lipinski definition) is 2. The van der Waals surface area contributed by atoms with Crippen molar-refractivity contribution >= 4 is 29.3 Å². The molecule has 0 bridgehead atoms. The minimum absolute atomic E-state index is 0.000111. The Bertz CT molecular complexity index is 418. The maximum absolute atomic E-state index is 13.1. The van der Waals surface area contributed by atoms with Crippen LogP contribution in [0.5, 0.6) is 0 Å². The van der Waals surface area contributed by atoms with Gasteiger partial charge in [0.2, 0.25) is 5.91 Å². The number of hydrogen-bond donors (Lipinski definition) is 2. The zero-order valence-corrected chi connectivity index (χ0v) is 8.59. The van der Waals surface area contributed by atoms with Gasteiger partial charge in [0.1, 0.15) is 5.82 Å². The van der Waals surface area contributed by atoms with Crippen LogP contribution in [0.25, 0.3) is 6.08 Å². The Labute approximate surface area is 91.5 Å². The molecule has 15 heavy (non-hydrogen) atoms. The van der Waals surface area contributed by atoms with Gasteiger partial charge in [-0.05, 0) is 12.1 Å². The highest BCUT2D eigenvalue weighted by Gasteiger charge is 2.04. The second-order valence-electron chi connectivity index (χ2n) is 2.96.